The molecule has 4 heteroatoms. The van der Waals surface area contributed by atoms with Crippen molar-refractivity contribution in [3.8, 4) is 0 Å². The van der Waals surface area contributed by atoms with Crippen molar-refractivity contribution in [3.63, 3.8) is 0 Å². The van der Waals surface area contributed by atoms with Gasteiger partial charge >= 0.3 is 5.97 Å². The zero-order valence-electron chi connectivity index (χ0n) is 12.5. The first kappa shape index (κ1) is 15.2. The summed E-state index contributed by atoms with van der Waals surface area (Å²) >= 11 is 0. The van der Waals surface area contributed by atoms with Gasteiger partial charge in [-0.05, 0) is 37.5 Å². The van der Waals surface area contributed by atoms with Crippen molar-refractivity contribution in [2.75, 3.05) is 0 Å². The molecule has 0 amide bonds. The van der Waals surface area contributed by atoms with Crippen LogP contribution in [0.1, 0.15) is 43.1 Å². The van der Waals surface area contributed by atoms with Crippen molar-refractivity contribution in [2.24, 2.45) is 16.3 Å². The van der Waals surface area contributed by atoms with Crippen LogP contribution < -0.4 is 0 Å². The molecule has 21 heavy (non-hydrogen) atoms. The van der Waals surface area contributed by atoms with Gasteiger partial charge in [0.25, 0.3) is 0 Å². The van der Waals surface area contributed by atoms with E-state index in [-0.39, 0.29) is 11.7 Å². The van der Waals surface area contributed by atoms with Gasteiger partial charge in [-0.25, -0.2) is 0 Å². The molecule has 110 valence electrons. The number of carbonyl (C=O) groups is 2. The van der Waals surface area contributed by atoms with Crippen LogP contribution in [-0.2, 0) is 4.79 Å². The highest BCUT2D eigenvalue weighted by Gasteiger charge is 2.23. The Bertz CT molecular complexity index is 641. The Morgan fingerprint density at radius 3 is 2.81 bits per heavy atom. The highest BCUT2D eigenvalue weighted by Crippen LogP contribution is 2.28. The molecule has 0 aromatic heterocycles. The van der Waals surface area contributed by atoms with Gasteiger partial charge in [-0.15, -0.1) is 0 Å². The largest absolute Gasteiger partial charge is 0.481 e. The second kappa shape index (κ2) is 5.64. The number of carboxylic acid groups (broad SMARTS) is 1. The summed E-state index contributed by atoms with van der Waals surface area (Å²) in [6, 6.07) is 5.40. The molecule has 0 spiro atoms. The number of fused-ring (bicyclic) bond motifs is 1. The third-order valence-corrected chi connectivity index (χ3v) is 3.54. The van der Waals surface area contributed by atoms with Crippen LogP contribution >= 0.6 is 0 Å². The van der Waals surface area contributed by atoms with E-state index in [9.17, 15) is 9.59 Å². The molecule has 0 fully saturated rings. The second-order valence-electron chi connectivity index (χ2n) is 6.02. The van der Waals surface area contributed by atoms with Gasteiger partial charge in [0.15, 0.2) is 5.78 Å². The van der Waals surface area contributed by atoms with Crippen molar-refractivity contribution in [1.82, 2.24) is 0 Å². The minimum absolute atomic E-state index is 0.0939. The van der Waals surface area contributed by atoms with Crippen LogP contribution in [0.25, 0.3) is 6.08 Å². The van der Waals surface area contributed by atoms with E-state index >= 15 is 0 Å². The molecule has 1 N–H and O–H groups in total. The number of carboxylic acids is 1. The Kier molecular flexibility index (Phi) is 4.07. The van der Waals surface area contributed by atoms with Crippen molar-refractivity contribution in [3.05, 3.63) is 35.4 Å². The van der Waals surface area contributed by atoms with Gasteiger partial charge in [0.2, 0.25) is 0 Å². The second-order valence-corrected chi connectivity index (χ2v) is 6.02. The van der Waals surface area contributed by atoms with Gasteiger partial charge in [0.05, 0.1) is 11.1 Å². The molecule has 0 saturated carbocycles. The van der Waals surface area contributed by atoms with Crippen LogP contribution in [0.5, 0.6) is 0 Å². The first-order valence-corrected chi connectivity index (χ1v) is 6.93. The van der Waals surface area contributed by atoms with E-state index < -0.39 is 11.4 Å². The fourth-order valence-corrected chi connectivity index (χ4v) is 2.03. The number of aliphatic carboxylic acids is 1. The van der Waals surface area contributed by atoms with E-state index in [1.165, 1.54) is 0 Å². The number of nitrogens with zero attached hydrogens (tertiary/aromatic N) is 1. The third-order valence-electron chi connectivity index (χ3n) is 3.54. The minimum Gasteiger partial charge on any atom is -0.481 e. The average molecular weight is 285 g/mol. The molecule has 1 aliphatic heterocycles. The Balaban J connectivity index is 2.33. The monoisotopic (exact) mass is 285 g/mol. The maximum absolute atomic E-state index is 12.1. The van der Waals surface area contributed by atoms with Crippen LogP contribution in [-0.4, -0.2) is 23.1 Å². The Morgan fingerprint density at radius 1 is 1.43 bits per heavy atom. The third kappa shape index (κ3) is 3.45. The SMILES string of the molecule is CC1C=Nc2cc(C=CC(C)(C)C(=O)O)ccc2C(=O)C1. The van der Waals surface area contributed by atoms with E-state index in [2.05, 4.69) is 4.99 Å². The van der Waals surface area contributed by atoms with Crippen LogP contribution in [0, 0.1) is 11.3 Å². The molecule has 1 unspecified atom stereocenters. The molecular formula is C17H19NO3. The zero-order chi connectivity index (χ0) is 15.6. The molecule has 0 radical (unpaired) electrons. The lowest BCUT2D eigenvalue weighted by Crippen LogP contribution is -2.20. The quantitative estimate of drug-likeness (QED) is 0.920. The first-order chi connectivity index (χ1) is 9.79. The molecule has 0 saturated heterocycles. The molecule has 4 nitrogen and oxygen atoms in total. The lowest BCUT2D eigenvalue weighted by molar-refractivity contribution is -0.144. The summed E-state index contributed by atoms with van der Waals surface area (Å²) in [6.07, 6.45) is 5.65. The number of hydrogen-bond donors (Lipinski definition) is 1. The van der Waals surface area contributed by atoms with Crippen LogP contribution in [0.2, 0.25) is 0 Å². The fraction of sp³-hybridized carbons (Fsp3) is 0.353. The molecule has 1 aliphatic rings. The molecule has 1 aromatic rings. The molecular weight excluding hydrogens is 266 g/mol. The highest BCUT2D eigenvalue weighted by atomic mass is 16.4. The summed E-state index contributed by atoms with van der Waals surface area (Å²) in [4.78, 5) is 27.5. The Morgan fingerprint density at radius 2 is 2.14 bits per heavy atom. The summed E-state index contributed by atoms with van der Waals surface area (Å²) in [7, 11) is 0. The maximum atomic E-state index is 12.1. The summed E-state index contributed by atoms with van der Waals surface area (Å²) in [5.41, 5.74) is 1.19. The van der Waals surface area contributed by atoms with Crippen LogP contribution in [0.3, 0.4) is 0 Å². The van der Waals surface area contributed by atoms with E-state index in [0.29, 0.717) is 17.7 Å². The molecule has 0 aliphatic carbocycles. The van der Waals surface area contributed by atoms with Crippen LogP contribution in [0.15, 0.2) is 29.3 Å². The van der Waals surface area contributed by atoms with E-state index in [1.807, 2.05) is 19.1 Å². The average Bonchev–Trinajstić information content (AvgIpc) is 2.55. The van der Waals surface area contributed by atoms with Gasteiger partial charge in [-0.2, -0.15) is 0 Å². The predicted octanol–water partition coefficient (Wildman–Crippen LogP) is 3.74. The number of carbonyl (C=O) groups excluding carboxylic acids is 1. The van der Waals surface area contributed by atoms with Gasteiger partial charge in [-0.1, -0.05) is 25.1 Å². The molecule has 0 bridgehead atoms. The summed E-state index contributed by atoms with van der Waals surface area (Å²) in [6.45, 7) is 5.24. The summed E-state index contributed by atoms with van der Waals surface area (Å²) in [5, 5.41) is 9.09. The van der Waals surface area contributed by atoms with Gasteiger partial charge in [0.1, 0.15) is 0 Å². The van der Waals surface area contributed by atoms with E-state index in [4.69, 9.17) is 5.11 Å². The number of hydrogen-bond acceptors (Lipinski definition) is 3. The molecule has 1 aromatic carbocycles. The normalized spacial score (nSPS) is 18.6. The smallest absolute Gasteiger partial charge is 0.312 e. The van der Waals surface area contributed by atoms with Crippen molar-refractivity contribution in [1.29, 1.82) is 0 Å². The summed E-state index contributed by atoms with van der Waals surface area (Å²) < 4.78 is 0. The maximum Gasteiger partial charge on any atom is 0.312 e. The Hall–Kier alpha value is -2.23. The van der Waals surface area contributed by atoms with Gasteiger partial charge < -0.3 is 5.11 Å². The number of Topliss-reactive ketones (excluding diaryl/α,β-unsaturated/α-hetero) is 1. The van der Waals surface area contributed by atoms with E-state index in [0.717, 1.165) is 5.56 Å². The van der Waals surface area contributed by atoms with Crippen molar-refractivity contribution >= 4 is 29.7 Å². The lowest BCUT2D eigenvalue weighted by atomic mass is 9.92. The topological polar surface area (TPSA) is 66.7 Å². The number of aliphatic imine (C=N–C) groups is 1. The molecule has 1 heterocycles. The standard InChI is InChI=1S/C17H19NO3/c1-11-8-15(19)13-5-4-12(9-14(13)18-10-11)6-7-17(2,3)16(20)21/h4-7,9-11H,8H2,1-3H3,(H,20,21). The number of ketones is 1. The summed E-state index contributed by atoms with van der Waals surface area (Å²) in [5.74, 6) is -0.651. The number of benzene rings is 1. The fourth-order valence-electron chi connectivity index (χ4n) is 2.03. The molecule has 2 rings (SSSR count). The van der Waals surface area contributed by atoms with Crippen molar-refractivity contribution in [2.45, 2.75) is 27.2 Å². The highest BCUT2D eigenvalue weighted by molar-refractivity contribution is 6.03. The lowest BCUT2D eigenvalue weighted by Gasteiger charge is -2.13. The van der Waals surface area contributed by atoms with Gasteiger partial charge in [0, 0.05) is 18.2 Å². The molecule has 1 atom stereocenters. The number of rotatable bonds is 3. The predicted molar refractivity (Wildman–Crippen MR) is 83.2 cm³/mol. The van der Waals surface area contributed by atoms with Crippen molar-refractivity contribution < 1.29 is 14.7 Å². The Labute approximate surface area is 124 Å². The zero-order valence-corrected chi connectivity index (χ0v) is 12.5. The van der Waals surface area contributed by atoms with Gasteiger partial charge in [-0.3, -0.25) is 14.6 Å². The minimum atomic E-state index is -0.930. The first-order valence-electron chi connectivity index (χ1n) is 6.93. The van der Waals surface area contributed by atoms with Crippen LogP contribution in [0.4, 0.5) is 5.69 Å². The van der Waals surface area contributed by atoms with E-state index in [1.54, 1.807) is 38.3 Å².